The molecule has 1 aromatic heterocycles. The molecule has 0 spiro atoms. The number of nitrogens with zero attached hydrogens (tertiary/aromatic N) is 2. The Bertz CT molecular complexity index is 969. The van der Waals surface area contributed by atoms with Crippen LogP contribution in [0.4, 0.5) is 11.5 Å². The number of hydrogen-bond acceptors (Lipinski definition) is 4. The minimum Gasteiger partial charge on any atom is -0.391 e. The molecule has 1 aliphatic heterocycles. The third-order valence-electron chi connectivity index (χ3n) is 5.05. The number of pyridine rings is 1. The van der Waals surface area contributed by atoms with Crippen molar-refractivity contribution in [2.45, 2.75) is 25.9 Å². The highest BCUT2D eigenvalue weighted by Gasteiger charge is 2.23. The number of nitrogens with one attached hydrogen (secondary N) is 1. The summed E-state index contributed by atoms with van der Waals surface area (Å²) >= 11 is 0. The maximum Gasteiger partial charge on any atom is 0.256 e. The molecule has 2 aromatic carbocycles. The number of carbonyl (C=O) groups is 1. The summed E-state index contributed by atoms with van der Waals surface area (Å²) in [6, 6.07) is 17.4. The summed E-state index contributed by atoms with van der Waals surface area (Å²) in [5, 5.41) is 13.7. The molecule has 27 heavy (non-hydrogen) atoms. The zero-order valence-corrected chi connectivity index (χ0v) is 15.4. The second kappa shape index (κ2) is 7.37. The Kier molecular flexibility index (Phi) is 4.77. The average molecular weight is 361 g/mol. The van der Waals surface area contributed by atoms with E-state index in [0.717, 1.165) is 41.8 Å². The maximum absolute atomic E-state index is 13.0. The summed E-state index contributed by atoms with van der Waals surface area (Å²) in [6.45, 7) is 3.39. The number of aliphatic hydroxyl groups is 1. The molecular weight excluding hydrogens is 338 g/mol. The molecule has 1 atom stereocenters. The van der Waals surface area contributed by atoms with E-state index in [9.17, 15) is 9.90 Å². The Morgan fingerprint density at radius 1 is 1.22 bits per heavy atom. The van der Waals surface area contributed by atoms with Gasteiger partial charge >= 0.3 is 0 Å². The molecule has 2 heterocycles. The molecule has 5 nitrogen and oxygen atoms in total. The molecule has 138 valence electrons. The van der Waals surface area contributed by atoms with Gasteiger partial charge in [0.2, 0.25) is 0 Å². The Morgan fingerprint density at radius 3 is 2.70 bits per heavy atom. The van der Waals surface area contributed by atoms with Gasteiger partial charge in [0.25, 0.3) is 5.91 Å². The van der Waals surface area contributed by atoms with Gasteiger partial charge in [0.15, 0.2) is 0 Å². The molecule has 0 saturated carbocycles. The van der Waals surface area contributed by atoms with Crippen LogP contribution < -0.4 is 10.2 Å². The fourth-order valence-electron chi connectivity index (χ4n) is 3.48. The number of benzene rings is 2. The number of fused-ring (bicyclic) bond motifs is 1. The second-order valence-corrected chi connectivity index (χ2v) is 6.94. The van der Waals surface area contributed by atoms with Gasteiger partial charge in [-0.05, 0) is 42.7 Å². The van der Waals surface area contributed by atoms with Crippen LogP contribution in [0.1, 0.15) is 29.3 Å². The van der Waals surface area contributed by atoms with Gasteiger partial charge < -0.3 is 15.3 Å². The molecule has 1 aliphatic rings. The van der Waals surface area contributed by atoms with Crippen molar-refractivity contribution in [1.29, 1.82) is 0 Å². The summed E-state index contributed by atoms with van der Waals surface area (Å²) in [6.07, 6.45) is 1.35. The van der Waals surface area contributed by atoms with Gasteiger partial charge in [-0.15, -0.1) is 0 Å². The van der Waals surface area contributed by atoms with Gasteiger partial charge in [0.05, 0.1) is 17.2 Å². The van der Waals surface area contributed by atoms with E-state index < -0.39 is 0 Å². The molecule has 0 bridgehead atoms. The molecule has 1 fully saturated rings. The van der Waals surface area contributed by atoms with Gasteiger partial charge in [-0.25, -0.2) is 4.98 Å². The minimum atomic E-state index is -0.340. The smallest absolute Gasteiger partial charge is 0.256 e. The highest BCUT2D eigenvalue weighted by molar-refractivity contribution is 6.13. The Balaban J connectivity index is 1.69. The van der Waals surface area contributed by atoms with Crippen LogP contribution in [0.15, 0.2) is 54.6 Å². The van der Waals surface area contributed by atoms with Crippen molar-refractivity contribution in [1.82, 2.24) is 4.98 Å². The topological polar surface area (TPSA) is 65.5 Å². The van der Waals surface area contributed by atoms with Crippen molar-refractivity contribution < 1.29 is 9.90 Å². The number of aromatic nitrogens is 1. The van der Waals surface area contributed by atoms with Crippen LogP contribution in [0, 0.1) is 0 Å². The zero-order chi connectivity index (χ0) is 18.8. The fourth-order valence-corrected chi connectivity index (χ4v) is 3.48. The van der Waals surface area contributed by atoms with Crippen LogP contribution in [0.3, 0.4) is 0 Å². The Labute approximate surface area is 158 Å². The molecule has 5 heteroatoms. The van der Waals surface area contributed by atoms with E-state index in [1.54, 1.807) is 0 Å². The zero-order valence-electron chi connectivity index (χ0n) is 15.4. The van der Waals surface area contributed by atoms with E-state index in [1.165, 1.54) is 5.56 Å². The number of amides is 1. The second-order valence-electron chi connectivity index (χ2n) is 6.94. The average Bonchev–Trinajstić information content (AvgIpc) is 3.14. The summed E-state index contributed by atoms with van der Waals surface area (Å²) in [5.74, 6) is 0.579. The van der Waals surface area contributed by atoms with Crippen molar-refractivity contribution in [3.8, 4) is 0 Å². The van der Waals surface area contributed by atoms with Crippen molar-refractivity contribution in [3.63, 3.8) is 0 Å². The number of para-hydroxylation sites is 1. The van der Waals surface area contributed by atoms with E-state index in [2.05, 4.69) is 12.2 Å². The molecule has 1 saturated heterocycles. The minimum absolute atomic E-state index is 0.154. The van der Waals surface area contributed by atoms with Gasteiger partial charge in [0.1, 0.15) is 5.82 Å². The van der Waals surface area contributed by atoms with E-state index in [4.69, 9.17) is 4.98 Å². The number of aryl methyl sites for hydroxylation is 1. The quantitative estimate of drug-likeness (QED) is 0.745. The first kappa shape index (κ1) is 17.5. The van der Waals surface area contributed by atoms with E-state index in [1.807, 2.05) is 59.5 Å². The molecule has 1 unspecified atom stereocenters. The summed E-state index contributed by atoms with van der Waals surface area (Å²) in [4.78, 5) is 19.7. The molecule has 4 rings (SSSR count). The Hall–Kier alpha value is -2.92. The van der Waals surface area contributed by atoms with Crippen LogP contribution in [0.2, 0.25) is 0 Å². The van der Waals surface area contributed by atoms with Gasteiger partial charge in [-0.3, -0.25) is 4.79 Å². The molecular formula is C22H23N3O2. The largest absolute Gasteiger partial charge is 0.391 e. The molecule has 0 aliphatic carbocycles. The lowest BCUT2D eigenvalue weighted by Crippen LogP contribution is -2.23. The summed E-state index contributed by atoms with van der Waals surface area (Å²) < 4.78 is 0. The van der Waals surface area contributed by atoms with Crippen molar-refractivity contribution in [2.75, 3.05) is 23.3 Å². The van der Waals surface area contributed by atoms with E-state index in [-0.39, 0.29) is 12.0 Å². The number of β-amino-alcohol motifs (C(OH)–C–C–N with tert-alkyl or cyclic N) is 1. The standard InChI is InChI=1S/C22H23N3O2/c1-2-15-7-9-16(10-8-15)23-22(27)19-13-21(25-12-11-17(26)14-25)24-20-6-4-3-5-18(19)20/h3-10,13,17,26H,2,11-12,14H2,1H3,(H,23,27). The third-order valence-corrected chi connectivity index (χ3v) is 5.05. The van der Waals surface area contributed by atoms with Gasteiger partial charge in [-0.2, -0.15) is 0 Å². The number of anilines is 2. The van der Waals surface area contributed by atoms with Crippen molar-refractivity contribution in [3.05, 3.63) is 65.7 Å². The summed E-state index contributed by atoms with van der Waals surface area (Å²) in [7, 11) is 0. The number of rotatable bonds is 4. The van der Waals surface area contributed by atoms with E-state index >= 15 is 0 Å². The first-order valence-corrected chi connectivity index (χ1v) is 9.37. The van der Waals surface area contributed by atoms with Crippen molar-refractivity contribution >= 4 is 28.3 Å². The molecule has 3 aromatic rings. The predicted molar refractivity (Wildman–Crippen MR) is 108 cm³/mol. The number of hydrogen-bond donors (Lipinski definition) is 2. The molecule has 0 radical (unpaired) electrons. The monoisotopic (exact) mass is 361 g/mol. The van der Waals surface area contributed by atoms with Crippen LogP contribution >= 0.6 is 0 Å². The number of aliphatic hydroxyl groups excluding tert-OH is 1. The normalized spacial score (nSPS) is 16.7. The van der Waals surface area contributed by atoms with Crippen LogP contribution in [-0.2, 0) is 6.42 Å². The van der Waals surface area contributed by atoms with Gasteiger partial charge in [-0.1, -0.05) is 37.3 Å². The lowest BCUT2D eigenvalue weighted by Gasteiger charge is -2.19. The third kappa shape index (κ3) is 3.64. The lowest BCUT2D eigenvalue weighted by atomic mass is 10.1. The SMILES string of the molecule is CCc1ccc(NC(=O)c2cc(N3CCC(O)C3)nc3ccccc23)cc1. The van der Waals surface area contributed by atoms with Crippen molar-refractivity contribution in [2.24, 2.45) is 0 Å². The molecule has 2 N–H and O–H groups in total. The molecule has 1 amide bonds. The summed E-state index contributed by atoms with van der Waals surface area (Å²) in [5.41, 5.74) is 3.38. The maximum atomic E-state index is 13.0. The van der Waals surface area contributed by atoms with Gasteiger partial charge in [0, 0.05) is 24.2 Å². The first-order valence-electron chi connectivity index (χ1n) is 9.37. The van der Waals surface area contributed by atoms with Crippen LogP contribution in [0.5, 0.6) is 0 Å². The highest BCUT2D eigenvalue weighted by Crippen LogP contribution is 2.26. The fraction of sp³-hybridized carbons (Fsp3) is 0.273. The highest BCUT2D eigenvalue weighted by atomic mass is 16.3. The number of carbonyl (C=O) groups excluding carboxylic acids is 1. The predicted octanol–water partition coefficient (Wildman–Crippen LogP) is 3.62. The lowest BCUT2D eigenvalue weighted by molar-refractivity contribution is 0.102. The van der Waals surface area contributed by atoms with Crippen LogP contribution in [-0.4, -0.2) is 35.2 Å². The Morgan fingerprint density at radius 2 is 2.00 bits per heavy atom. The van der Waals surface area contributed by atoms with Crippen LogP contribution in [0.25, 0.3) is 10.9 Å². The first-order chi connectivity index (χ1) is 13.1. The van der Waals surface area contributed by atoms with E-state index in [0.29, 0.717) is 12.1 Å².